The molecule has 3 heterocycles. The predicted octanol–water partition coefficient (Wildman–Crippen LogP) is 5.12. The molecule has 3 aromatic heterocycles. The van der Waals surface area contributed by atoms with Gasteiger partial charge in [-0.25, -0.2) is 9.97 Å². The first-order valence-corrected chi connectivity index (χ1v) is 10.3. The molecule has 0 saturated carbocycles. The van der Waals surface area contributed by atoms with Crippen molar-refractivity contribution in [1.29, 1.82) is 0 Å². The highest BCUT2D eigenvalue weighted by molar-refractivity contribution is 7.18. The van der Waals surface area contributed by atoms with Crippen LogP contribution in [0.2, 0.25) is 0 Å². The van der Waals surface area contributed by atoms with Gasteiger partial charge in [0.1, 0.15) is 5.01 Å². The lowest BCUT2D eigenvalue weighted by atomic mass is 10.2. The Hall–Kier alpha value is -2.64. The quantitative estimate of drug-likeness (QED) is 0.510. The summed E-state index contributed by atoms with van der Waals surface area (Å²) in [6.45, 7) is 4.27. The van der Waals surface area contributed by atoms with Gasteiger partial charge in [-0.2, -0.15) is 0 Å². The van der Waals surface area contributed by atoms with Crippen LogP contribution >= 0.6 is 22.7 Å². The Morgan fingerprint density at radius 1 is 1.22 bits per heavy atom. The highest BCUT2D eigenvalue weighted by Crippen LogP contribution is 2.29. The molecule has 1 amide bonds. The number of benzene rings is 1. The van der Waals surface area contributed by atoms with Gasteiger partial charge < -0.3 is 5.32 Å². The molecule has 0 saturated heterocycles. The van der Waals surface area contributed by atoms with E-state index in [-0.39, 0.29) is 12.3 Å². The molecule has 27 heavy (non-hydrogen) atoms. The number of hydrogen-bond donors (Lipinski definition) is 1. The van der Waals surface area contributed by atoms with Gasteiger partial charge in [0.15, 0.2) is 0 Å². The van der Waals surface area contributed by atoms with Gasteiger partial charge in [-0.15, -0.1) is 22.7 Å². The molecule has 0 unspecified atom stereocenters. The average molecular weight is 395 g/mol. The molecule has 0 spiro atoms. The fraction of sp³-hybridized carbons (Fsp3) is 0.200. The lowest BCUT2D eigenvalue weighted by Gasteiger charge is -2.03. The lowest BCUT2D eigenvalue weighted by molar-refractivity contribution is -0.115. The van der Waals surface area contributed by atoms with E-state index in [1.54, 1.807) is 23.7 Å². The Morgan fingerprint density at radius 3 is 2.89 bits per heavy atom. The second kappa shape index (κ2) is 7.54. The van der Waals surface area contributed by atoms with E-state index < -0.39 is 0 Å². The molecule has 5 nitrogen and oxygen atoms in total. The molecule has 4 aromatic rings. The van der Waals surface area contributed by atoms with Crippen LogP contribution in [0.4, 0.5) is 5.69 Å². The predicted molar refractivity (Wildman–Crippen MR) is 111 cm³/mol. The number of nitrogens with zero attached hydrogens (tertiary/aromatic N) is 3. The van der Waals surface area contributed by atoms with Crippen LogP contribution in [-0.2, 0) is 11.2 Å². The van der Waals surface area contributed by atoms with Crippen LogP contribution in [0.25, 0.3) is 20.8 Å². The van der Waals surface area contributed by atoms with E-state index in [1.807, 2.05) is 35.7 Å². The van der Waals surface area contributed by atoms with E-state index in [2.05, 4.69) is 34.1 Å². The third-order valence-corrected chi connectivity index (χ3v) is 6.24. The number of carbonyl (C=O) groups is 1. The number of hydrogen-bond acceptors (Lipinski definition) is 6. The number of carbonyl (C=O) groups excluding carboxylic acids is 1. The summed E-state index contributed by atoms with van der Waals surface area (Å²) in [5, 5.41) is 6.87. The SMILES string of the molecule is CC(C)c1nc2ccc(NC(=O)Cc3csc(-c4cccnc4)n3)cc2s1. The molecule has 136 valence electrons. The van der Waals surface area contributed by atoms with Crippen molar-refractivity contribution in [1.82, 2.24) is 15.0 Å². The first-order valence-electron chi connectivity index (χ1n) is 8.63. The molecule has 7 heteroatoms. The van der Waals surface area contributed by atoms with Crippen molar-refractivity contribution in [2.45, 2.75) is 26.2 Å². The van der Waals surface area contributed by atoms with Gasteiger partial charge in [0, 0.05) is 34.9 Å². The van der Waals surface area contributed by atoms with Crippen LogP contribution in [0.3, 0.4) is 0 Å². The van der Waals surface area contributed by atoms with Crippen LogP contribution in [0, 0.1) is 0 Å². The van der Waals surface area contributed by atoms with Crippen LogP contribution in [0.15, 0.2) is 48.1 Å². The van der Waals surface area contributed by atoms with Crippen LogP contribution in [-0.4, -0.2) is 20.9 Å². The normalized spacial score (nSPS) is 11.2. The first-order chi connectivity index (χ1) is 13.1. The van der Waals surface area contributed by atoms with Gasteiger partial charge >= 0.3 is 0 Å². The molecule has 0 atom stereocenters. The van der Waals surface area contributed by atoms with Crippen molar-refractivity contribution in [2.24, 2.45) is 0 Å². The minimum Gasteiger partial charge on any atom is -0.326 e. The monoisotopic (exact) mass is 394 g/mol. The van der Waals surface area contributed by atoms with Crippen molar-refractivity contribution >= 4 is 44.5 Å². The maximum Gasteiger partial charge on any atom is 0.230 e. The Kier molecular flexibility index (Phi) is 4.96. The van der Waals surface area contributed by atoms with Crippen molar-refractivity contribution in [3.05, 3.63) is 58.8 Å². The molecule has 0 aliphatic rings. The van der Waals surface area contributed by atoms with Gasteiger partial charge in [0.2, 0.25) is 5.91 Å². The van der Waals surface area contributed by atoms with E-state index in [9.17, 15) is 4.79 Å². The summed E-state index contributed by atoms with van der Waals surface area (Å²) in [5.41, 5.74) is 3.49. The van der Waals surface area contributed by atoms with E-state index in [4.69, 9.17) is 0 Å². The number of rotatable bonds is 5. The van der Waals surface area contributed by atoms with Crippen LogP contribution in [0.5, 0.6) is 0 Å². The number of aromatic nitrogens is 3. The molecule has 0 bridgehead atoms. The Bertz CT molecular complexity index is 1090. The lowest BCUT2D eigenvalue weighted by Crippen LogP contribution is -2.14. The Morgan fingerprint density at radius 2 is 2.11 bits per heavy atom. The van der Waals surface area contributed by atoms with Crippen molar-refractivity contribution < 1.29 is 4.79 Å². The van der Waals surface area contributed by atoms with Crippen molar-refractivity contribution in [3.8, 4) is 10.6 Å². The van der Waals surface area contributed by atoms with E-state index >= 15 is 0 Å². The largest absolute Gasteiger partial charge is 0.326 e. The number of nitrogens with one attached hydrogen (secondary N) is 1. The van der Waals surface area contributed by atoms with Crippen LogP contribution < -0.4 is 5.32 Å². The van der Waals surface area contributed by atoms with Crippen molar-refractivity contribution in [3.63, 3.8) is 0 Å². The Labute approximate surface area is 165 Å². The van der Waals surface area contributed by atoms with Gasteiger partial charge in [-0.3, -0.25) is 9.78 Å². The van der Waals surface area contributed by atoms with E-state index in [1.165, 1.54) is 11.3 Å². The molecule has 0 aliphatic heterocycles. The number of fused-ring (bicyclic) bond motifs is 1. The molecule has 0 aliphatic carbocycles. The molecular formula is C20H18N4OS2. The molecule has 4 rings (SSSR count). The molecule has 0 fully saturated rings. The maximum absolute atomic E-state index is 12.4. The fourth-order valence-electron chi connectivity index (χ4n) is 2.65. The smallest absolute Gasteiger partial charge is 0.230 e. The number of thiazole rings is 2. The zero-order chi connectivity index (χ0) is 18.8. The van der Waals surface area contributed by atoms with Gasteiger partial charge in [0.25, 0.3) is 0 Å². The second-order valence-corrected chi connectivity index (χ2v) is 8.42. The molecule has 1 aromatic carbocycles. The van der Waals surface area contributed by atoms with Gasteiger partial charge in [0.05, 0.1) is 27.3 Å². The summed E-state index contributed by atoms with van der Waals surface area (Å²) in [6, 6.07) is 9.68. The summed E-state index contributed by atoms with van der Waals surface area (Å²) < 4.78 is 1.09. The molecular weight excluding hydrogens is 376 g/mol. The second-order valence-electron chi connectivity index (χ2n) is 6.50. The standard InChI is InChI=1S/C20H18N4OS2/c1-12(2)19-24-16-6-5-14(8-17(16)27-19)22-18(25)9-15-11-26-20(23-15)13-4-3-7-21-10-13/h3-8,10-12H,9H2,1-2H3,(H,22,25). The number of pyridine rings is 1. The van der Waals surface area contributed by atoms with E-state index in [0.29, 0.717) is 5.92 Å². The summed E-state index contributed by atoms with van der Waals surface area (Å²) in [7, 11) is 0. The number of amides is 1. The fourth-order valence-corrected chi connectivity index (χ4v) is 4.47. The molecule has 0 radical (unpaired) electrons. The first kappa shape index (κ1) is 17.8. The van der Waals surface area contributed by atoms with Crippen LogP contribution in [0.1, 0.15) is 30.5 Å². The minimum atomic E-state index is -0.0778. The van der Waals surface area contributed by atoms with E-state index in [0.717, 1.165) is 37.2 Å². The maximum atomic E-state index is 12.4. The highest BCUT2D eigenvalue weighted by atomic mass is 32.1. The zero-order valence-corrected chi connectivity index (χ0v) is 16.6. The minimum absolute atomic E-state index is 0.0778. The summed E-state index contributed by atoms with van der Waals surface area (Å²) in [6.07, 6.45) is 3.75. The zero-order valence-electron chi connectivity index (χ0n) is 15.0. The molecule has 1 N–H and O–H groups in total. The van der Waals surface area contributed by atoms with Crippen molar-refractivity contribution in [2.75, 3.05) is 5.32 Å². The average Bonchev–Trinajstić information content (AvgIpc) is 3.29. The third-order valence-electron chi connectivity index (χ3n) is 3.98. The summed E-state index contributed by atoms with van der Waals surface area (Å²) in [4.78, 5) is 25.7. The van der Waals surface area contributed by atoms with Gasteiger partial charge in [-0.05, 0) is 30.3 Å². The highest BCUT2D eigenvalue weighted by Gasteiger charge is 2.11. The van der Waals surface area contributed by atoms with Gasteiger partial charge in [-0.1, -0.05) is 13.8 Å². The summed E-state index contributed by atoms with van der Waals surface area (Å²) >= 11 is 3.19. The summed E-state index contributed by atoms with van der Waals surface area (Å²) in [5.74, 6) is 0.324. The topological polar surface area (TPSA) is 67.8 Å². The third kappa shape index (κ3) is 4.04. The Balaban J connectivity index is 1.45. The number of anilines is 1.